The molecule has 1 aliphatic heterocycles. The summed E-state index contributed by atoms with van der Waals surface area (Å²) in [6.45, 7) is 0.492. The highest BCUT2D eigenvalue weighted by atomic mass is 19.4. The van der Waals surface area contributed by atoms with E-state index < -0.39 is 23.6 Å². The van der Waals surface area contributed by atoms with Crippen LogP contribution in [0.4, 0.5) is 49.6 Å². The quantitative estimate of drug-likeness (QED) is 0.358. The van der Waals surface area contributed by atoms with E-state index in [0.29, 0.717) is 41.6 Å². The van der Waals surface area contributed by atoms with Crippen LogP contribution in [0.15, 0.2) is 36.7 Å². The van der Waals surface area contributed by atoms with E-state index >= 15 is 0 Å². The van der Waals surface area contributed by atoms with Crippen molar-refractivity contribution in [3.8, 4) is 0 Å². The van der Waals surface area contributed by atoms with Crippen LogP contribution in [-0.4, -0.2) is 46.1 Å². The molecular formula is C27H29F6N7. The SMILES string of the molecule is CN(c1nc2c(c(Nc3ccc(C(F)(F)F)nc3)n1)CCN(c1ncccc1C(F)(F)F)CC2)C1CCCCC1. The summed E-state index contributed by atoms with van der Waals surface area (Å²) in [7, 11) is 1.92. The van der Waals surface area contributed by atoms with Crippen molar-refractivity contribution in [2.45, 2.75) is 63.3 Å². The molecule has 0 aromatic carbocycles. The van der Waals surface area contributed by atoms with Gasteiger partial charge in [0.15, 0.2) is 0 Å². The molecule has 0 bridgehead atoms. The van der Waals surface area contributed by atoms with Crippen molar-refractivity contribution in [2.24, 2.45) is 0 Å². The van der Waals surface area contributed by atoms with E-state index in [2.05, 4.69) is 15.3 Å². The van der Waals surface area contributed by atoms with Gasteiger partial charge in [0, 0.05) is 44.4 Å². The summed E-state index contributed by atoms with van der Waals surface area (Å²) >= 11 is 0. The number of aromatic nitrogens is 4. The Balaban J connectivity index is 1.48. The van der Waals surface area contributed by atoms with Crippen LogP contribution < -0.4 is 15.1 Å². The minimum absolute atomic E-state index is 0.142. The first kappa shape index (κ1) is 27.9. The summed E-state index contributed by atoms with van der Waals surface area (Å²) in [6.07, 6.45) is -0.668. The maximum Gasteiger partial charge on any atom is 0.433 e. The molecule has 0 radical (unpaired) electrons. The van der Waals surface area contributed by atoms with Gasteiger partial charge in [-0.3, -0.25) is 0 Å². The van der Waals surface area contributed by atoms with Crippen molar-refractivity contribution in [3.63, 3.8) is 0 Å². The molecule has 2 aliphatic rings. The number of hydrogen-bond acceptors (Lipinski definition) is 7. The van der Waals surface area contributed by atoms with Gasteiger partial charge >= 0.3 is 12.4 Å². The van der Waals surface area contributed by atoms with Gasteiger partial charge in [-0.2, -0.15) is 31.3 Å². The summed E-state index contributed by atoms with van der Waals surface area (Å²) in [4.78, 5) is 20.8. The molecule has 3 aromatic heterocycles. The fourth-order valence-electron chi connectivity index (χ4n) is 5.33. The molecule has 0 spiro atoms. The van der Waals surface area contributed by atoms with Gasteiger partial charge in [0.1, 0.15) is 17.3 Å². The normalized spacial score (nSPS) is 16.8. The maximum absolute atomic E-state index is 13.7. The fraction of sp³-hybridized carbons (Fsp3) is 0.481. The van der Waals surface area contributed by atoms with Gasteiger partial charge in [-0.15, -0.1) is 0 Å². The lowest BCUT2D eigenvalue weighted by Crippen LogP contribution is -2.35. The lowest BCUT2D eigenvalue weighted by molar-refractivity contribution is -0.141. The minimum Gasteiger partial charge on any atom is -0.355 e. The van der Waals surface area contributed by atoms with Gasteiger partial charge < -0.3 is 15.1 Å². The monoisotopic (exact) mass is 565 g/mol. The number of alkyl halides is 6. The molecule has 1 aliphatic carbocycles. The number of halogens is 6. The molecule has 0 unspecified atom stereocenters. The molecule has 13 heteroatoms. The molecule has 0 atom stereocenters. The lowest BCUT2D eigenvalue weighted by atomic mass is 9.95. The van der Waals surface area contributed by atoms with Crippen molar-refractivity contribution < 1.29 is 26.3 Å². The van der Waals surface area contributed by atoms with Crippen LogP contribution in [0.25, 0.3) is 0 Å². The van der Waals surface area contributed by atoms with E-state index in [1.807, 2.05) is 11.9 Å². The third-order valence-corrected chi connectivity index (χ3v) is 7.48. The van der Waals surface area contributed by atoms with Gasteiger partial charge in [0.05, 0.1) is 23.1 Å². The molecular weight excluding hydrogens is 536 g/mol. The van der Waals surface area contributed by atoms with Crippen LogP contribution in [0.1, 0.15) is 54.6 Å². The van der Waals surface area contributed by atoms with E-state index in [1.54, 1.807) is 4.90 Å². The molecule has 1 fully saturated rings. The summed E-state index contributed by atoms with van der Waals surface area (Å²) in [5, 5.41) is 3.11. The minimum atomic E-state index is -4.56. The van der Waals surface area contributed by atoms with E-state index in [4.69, 9.17) is 9.97 Å². The summed E-state index contributed by atoms with van der Waals surface area (Å²) in [6, 6.07) is 4.69. The van der Waals surface area contributed by atoms with E-state index in [9.17, 15) is 26.3 Å². The Morgan fingerprint density at radius 3 is 2.33 bits per heavy atom. The van der Waals surface area contributed by atoms with Crippen molar-refractivity contribution >= 4 is 23.3 Å². The Kier molecular flexibility index (Phi) is 7.74. The Hall–Kier alpha value is -3.64. The van der Waals surface area contributed by atoms with Crippen LogP contribution in [0, 0.1) is 0 Å². The highest BCUT2D eigenvalue weighted by Crippen LogP contribution is 2.37. The number of nitrogens with one attached hydrogen (secondary N) is 1. The highest BCUT2D eigenvalue weighted by molar-refractivity contribution is 5.62. The zero-order chi connectivity index (χ0) is 28.5. The van der Waals surface area contributed by atoms with E-state index in [-0.39, 0.29) is 24.9 Å². The van der Waals surface area contributed by atoms with E-state index in [1.165, 1.54) is 24.8 Å². The number of anilines is 4. The molecule has 1 N–H and O–H groups in total. The van der Waals surface area contributed by atoms with Crippen LogP contribution in [0.2, 0.25) is 0 Å². The zero-order valence-electron chi connectivity index (χ0n) is 21.9. The Bertz CT molecular complexity index is 1320. The summed E-state index contributed by atoms with van der Waals surface area (Å²) < 4.78 is 80.2. The number of pyridine rings is 2. The van der Waals surface area contributed by atoms with Gasteiger partial charge in [-0.25, -0.2) is 15.0 Å². The Morgan fingerprint density at radius 1 is 0.900 bits per heavy atom. The van der Waals surface area contributed by atoms with Crippen molar-refractivity contribution in [3.05, 3.63) is 59.2 Å². The second-order valence-electron chi connectivity index (χ2n) is 10.1. The highest BCUT2D eigenvalue weighted by Gasteiger charge is 2.36. The van der Waals surface area contributed by atoms with E-state index in [0.717, 1.165) is 44.0 Å². The van der Waals surface area contributed by atoms with Gasteiger partial charge in [-0.1, -0.05) is 19.3 Å². The molecule has 7 nitrogen and oxygen atoms in total. The predicted octanol–water partition coefficient (Wildman–Crippen LogP) is 6.42. The van der Waals surface area contributed by atoms with Crippen LogP contribution in [-0.2, 0) is 25.2 Å². The maximum atomic E-state index is 13.7. The number of rotatable bonds is 5. The van der Waals surface area contributed by atoms with Crippen LogP contribution in [0.5, 0.6) is 0 Å². The Labute approximate surface area is 227 Å². The summed E-state index contributed by atoms with van der Waals surface area (Å²) in [5.41, 5.74) is -0.122. The molecule has 0 saturated heterocycles. The molecule has 214 valence electrons. The fourth-order valence-corrected chi connectivity index (χ4v) is 5.33. The Morgan fingerprint density at radius 2 is 1.65 bits per heavy atom. The van der Waals surface area contributed by atoms with Gasteiger partial charge in [0.2, 0.25) is 5.95 Å². The van der Waals surface area contributed by atoms with Gasteiger partial charge in [0.25, 0.3) is 0 Å². The average molecular weight is 566 g/mol. The van der Waals surface area contributed by atoms with Gasteiger partial charge in [-0.05, 0) is 43.5 Å². The molecule has 0 amide bonds. The second-order valence-corrected chi connectivity index (χ2v) is 10.1. The summed E-state index contributed by atoms with van der Waals surface area (Å²) in [5.74, 6) is 0.732. The predicted molar refractivity (Wildman–Crippen MR) is 139 cm³/mol. The standard InChI is InChI=1S/C27H29F6N7/c1-39(18-6-3-2-4-7-18)25-37-21-12-15-40(24-20(26(28,29)30)8-5-13-34-24)14-11-19(21)23(38-25)36-17-9-10-22(35-16-17)27(31,32)33/h5,8-10,13,16,18H,2-4,6-7,11-12,14-15H2,1H3,(H,36,37,38). The lowest BCUT2D eigenvalue weighted by Gasteiger charge is -2.32. The molecule has 1 saturated carbocycles. The average Bonchev–Trinajstić information content (AvgIpc) is 3.15. The zero-order valence-corrected chi connectivity index (χ0v) is 21.9. The molecule has 3 aromatic rings. The smallest absolute Gasteiger partial charge is 0.355 e. The van der Waals surface area contributed by atoms with Crippen LogP contribution in [0.3, 0.4) is 0 Å². The number of hydrogen-bond donors (Lipinski definition) is 1. The largest absolute Gasteiger partial charge is 0.433 e. The molecule has 4 heterocycles. The topological polar surface area (TPSA) is 70.1 Å². The first-order valence-electron chi connectivity index (χ1n) is 13.2. The number of fused-ring (bicyclic) bond motifs is 1. The number of nitrogens with zero attached hydrogens (tertiary/aromatic N) is 6. The van der Waals surface area contributed by atoms with Crippen molar-refractivity contribution in [2.75, 3.05) is 35.3 Å². The molecule has 40 heavy (non-hydrogen) atoms. The van der Waals surface area contributed by atoms with Crippen molar-refractivity contribution in [1.82, 2.24) is 19.9 Å². The third kappa shape index (κ3) is 6.07. The second kappa shape index (κ2) is 11.1. The molecule has 5 rings (SSSR count). The van der Waals surface area contributed by atoms with Crippen molar-refractivity contribution in [1.29, 1.82) is 0 Å². The first-order chi connectivity index (χ1) is 19.0. The van der Waals surface area contributed by atoms with Crippen LogP contribution >= 0.6 is 0 Å². The first-order valence-corrected chi connectivity index (χ1v) is 13.2. The third-order valence-electron chi connectivity index (χ3n) is 7.48.